The maximum absolute atomic E-state index is 13.0. The summed E-state index contributed by atoms with van der Waals surface area (Å²) < 4.78 is 39.1. The predicted molar refractivity (Wildman–Crippen MR) is 125 cm³/mol. The van der Waals surface area contributed by atoms with Gasteiger partial charge in [-0.05, 0) is 49.8 Å². The molecule has 170 valence electrons. The number of pyridine rings is 1. The van der Waals surface area contributed by atoms with Crippen LogP contribution in [0.2, 0.25) is 0 Å². The third-order valence-corrected chi connectivity index (χ3v) is 5.90. The summed E-state index contributed by atoms with van der Waals surface area (Å²) in [5.74, 6) is 0.323. The van der Waals surface area contributed by atoms with Crippen molar-refractivity contribution in [1.29, 1.82) is 0 Å². The maximum Gasteiger partial charge on any atom is 0.391 e. The van der Waals surface area contributed by atoms with Gasteiger partial charge in [-0.2, -0.15) is 13.2 Å². The fourth-order valence-electron chi connectivity index (χ4n) is 4.24. The Morgan fingerprint density at radius 1 is 1.17 bits per heavy atom. The van der Waals surface area contributed by atoms with Crippen LogP contribution in [0.4, 0.5) is 19.0 Å². The molecule has 1 aromatic heterocycles. The van der Waals surface area contributed by atoms with Gasteiger partial charge in [-0.3, -0.25) is 4.99 Å². The van der Waals surface area contributed by atoms with Gasteiger partial charge in [-0.25, -0.2) is 4.98 Å². The normalized spacial score (nSPS) is 23.3. The molecule has 0 bridgehead atoms. The van der Waals surface area contributed by atoms with Gasteiger partial charge in [0, 0.05) is 38.9 Å². The number of aliphatic imine (C=N–C) groups is 1. The molecule has 0 spiro atoms. The first-order valence-corrected chi connectivity index (χ1v) is 10.7. The molecular weight excluding hydrogens is 506 g/mol. The monoisotopic (exact) mass is 539 g/mol. The summed E-state index contributed by atoms with van der Waals surface area (Å²) >= 11 is 0. The van der Waals surface area contributed by atoms with Gasteiger partial charge in [0.1, 0.15) is 5.82 Å². The Hall–Kier alpha value is -1.26. The Morgan fingerprint density at radius 3 is 2.57 bits per heavy atom. The lowest BCUT2D eigenvalue weighted by Crippen LogP contribution is -2.46. The molecule has 0 radical (unpaired) electrons. The molecule has 2 fully saturated rings. The first-order chi connectivity index (χ1) is 14.0. The Kier molecular flexibility index (Phi) is 9.96. The molecule has 1 aliphatic carbocycles. The molecule has 2 N–H and O–H groups in total. The van der Waals surface area contributed by atoms with Gasteiger partial charge >= 0.3 is 6.18 Å². The van der Waals surface area contributed by atoms with Crippen LogP contribution in [0.5, 0.6) is 0 Å². The first-order valence-electron chi connectivity index (χ1n) is 10.7. The maximum atomic E-state index is 13.0. The van der Waals surface area contributed by atoms with Crippen LogP contribution in [0.1, 0.15) is 56.9 Å². The van der Waals surface area contributed by atoms with Gasteiger partial charge in [0.15, 0.2) is 5.96 Å². The fourth-order valence-corrected chi connectivity index (χ4v) is 4.24. The van der Waals surface area contributed by atoms with Crippen LogP contribution >= 0.6 is 24.0 Å². The third kappa shape index (κ3) is 7.46. The first kappa shape index (κ1) is 25.0. The zero-order valence-electron chi connectivity index (χ0n) is 17.5. The van der Waals surface area contributed by atoms with Gasteiger partial charge < -0.3 is 15.5 Å². The Morgan fingerprint density at radius 2 is 1.90 bits per heavy atom. The lowest BCUT2D eigenvalue weighted by atomic mass is 9.85. The van der Waals surface area contributed by atoms with E-state index >= 15 is 0 Å². The molecule has 1 aromatic rings. The highest BCUT2D eigenvalue weighted by atomic mass is 127. The summed E-state index contributed by atoms with van der Waals surface area (Å²) in [5.41, 5.74) is 1.08. The lowest BCUT2D eigenvalue weighted by Gasteiger charge is -2.32. The minimum atomic E-state index is -4.11. The highest BCUT2D eigenvalue weighted by Crippen LogP contribution is 2.37. The molecule has 30 heavy (non-hydrogen) atoms. The summed E-state index contributed by atoms with van der Waals surface area (Å²) in [6.45, 7) is 2.63. The molecule has 2 heterocycles. The lowest BCUT2D eigenvalue weighted by molar-refractivity contribution is -0.183. The van der Waals surface area contributed by atoms with Crippen LogP contribution in [-0.4, -0.2) is 43.3 Å². The van der Waals surface area contributed by atoms with Crippen LogP contribution in [0, 0.1) is 5.92 Å². The van der Waals surface area contributed by atoms with E-state index < -0.39 is 12.1 Å². The number of alkyl halides is 3. The van der Waals surface area contributed by atoms with Gasteiger partial charge in [0.2, 0.25) is 0 Å². The molecule has 1 saturated carbocycles. The number of hydrogen-bond donors (Lipinski definition) is 2. The molecule has 3 rings (SSSR count). The van der Waals surface area contributed by atoms with Gasteiger partial charge in [0.25, 0.3) is 0 Å². The van der Waals surface area contributed by atoms with Gasteiger partial charge in [0.05, 0.1) is 5.92 Å². The van der Waals surface area contributed by atoms with E-state index in [1.54, 1.807) is 7.05 Å². The van der Waals surface area contributed by atoms with Gasteiger partial charge in [-0.1, -0.05) is 19.3 Å². The van der Waals surface area contributed by atoms with Crippen LogP contribution in [0.3, 0.4) is 0 Å². The summed E-state index contributed by atoms with van der Waals surface area (Å²) in [6.07, 6.45) is 4.31. The van der Waals surface area contributed by atoms with Crippen molar-refractivity contribution in [3.63, 3.8) is 0 Å². The Balaban J connectivity index is 0.00000320. The second kappa shape index (κ2) is 12.0. The second-order valence-electron chi connectivity index (χ2n) is 8.10. The summed E-state index contributed by atoms with van der Waals surface area (Å²) in [6, 6.07) is 3.85. The van der Waals surface area contributed by atoms with Crippen molar-refractivity contribution >= 4 is 35.8 Å². The van der Waals surface area contributed by atoms with E-state index in [1.807, 2.05) is 12.3 Å². The van der Waals surface area contributed by atoms with Crippen molar-refractivity contribution in [2.75, 3.05) is 25.0 Å². The molecule has 2 unspecified atom stereocenters. The minimum Gasteiger partial charge on any atom is -0.357 e. The van der Waals surface area contributed by atoms with Crippen molar-refractivity contribution in [3.8, 4) is 0 Å². The number of nitrogens with one attached hydrogen (secondary N) is 2. The van der Waals surface area contributed by atoms with Crippen LogP contribution in [-0.2, 0) is 6.54 Å². The summed E-state index contributed by atoms with van der Waals surface area (Å²) in [7, 11) is 1.65. The van der Waals surface area contributed by atoms with E-state index in [0.717, 1.165) is 30.9 Å². The minimum absolute atomic E-state index is 0. The topological polar surface area (TPSA) is 52.6 Å². The molecule has 2 atom stereocenters. The molecular formula is C21H33F3IN5. The number of guanidine groups is 1. The standard InChI is InChI=1S/C21H32F3N5.HI/c1-25-20(28-18-8-6-7-17(14-18)21(22,23)24)27-15-16-9-10-26-19(13-16)29-11-4-2-3-5-12-29;/h9-10,13,17-18H,2-8,11-12,14-15H2,1H3,(H2,25,27,28);1H. The predicted octanol–water partition coefficient (Wildman–Crippen LogP) is 4.87. The number of aromatic nitrogens is 1. The smallest absolute Gasteiger partial charge is 0.357 e. The second-order valence-corrected chi connectivity index (χ2v) is 8.10. The molecule has 1 aliphatic heterocycles. The van der Waals surface area contributed by atoms with Crippen molar-refractivity contribution < 1.29 is 13.2 Å². The number of anilines is 1. The van der Waals surface area contributed by atoms with E-state index in [2.05, 4.69) is 31.6 Å². The molecule has 0 amide bonds. The third-order valence-electron chi connectivity index (χ3n) is 5.90. The highest BCUT2D eigenvalue weighted by molar-refractivity contribution is 14.0. The molecule has 2 aliphatic rings. The highest BCUT2D eigenvalue weighted by Gasteiger charge is 2.42. The Labute approximate surface area is 194 Å². The fraction of sp³-hybridized carbons (Fsp3) is 0.714. The van der Waals surface area contributed by atoms with E-state index in [0.29, 0.717) is 18.9 Å². The van der Waals surface area contributed by atoms with Crippen LogP contribution in [0.25, 0.3) is 0 Å². The molecule has 0 aromatic carbocycles. The van der Waals surface area contributed by atoms with Crippen molar-refractivity contribution in [3.05, 3.63) is 23.9 Å². The molecule has 9 heteroatoms. The summed E-state index contributed by atoms with van der Waals surface area (Å²) in [5, 5.41) is 6.42. The van der Waals surface area contributed by atoms with E-state index in [4.69, 9.17) is 0 Å². The number of hydrogen-bond acceptors (Lipinski definition) is 3. The van der Waals surface area contributed by atoms with Crippen molar-refractivity contribution in [1.82, 2.24) is 15.6 Å². The van der Waals surface area contributed by atoms with Crippen molar-refractivity contribution in [2.45, 2.75) is 70.1 Å². The number of rotatable bonds is 4. The quantitative estimate of drug-likeness (QED) is 0.326. The number of halogens is 4. The van der Waals surface area contributed by atoms with E-state index in [1.165, 1.54) is 25.7 Å². The SMILES string of the molecule is CN=C(NCc1ccnc(N2CCCCCC2)c1)NC1CCCC(C(F)(F)F)C1.I. The molecule has 5 nitrogen and oxygen atoms in total. The van der Waals surface area contributed by atoms with E-state index in [9.17, 15) is 13.2 Å². The molecule has 1 saturated heterocycles. The largest absolute Gasteiger partial charge is 0.391 e. The van der Waals surface area contributed by atoms with Crippen molar-refractivity contribution in [2.24, 2.45) is 10.9 Å². The van der Waals surface area contributed by atoms with Gasteiger partial charge in [-0.15, -0.1) is 24.0 Å². The van der Waals surface area contributed by atoms with Crippen LogP contribution < -0.4 is 15.5 Å². The number of nitrogens with zero attached hydrogens (tertiary/aromatic N) is 3. The van der Waals surface area contributed by atoms with Crippen LogP contribution in [0.15, 0.2) is 23.3 Å². The average molecular weight is 539 g/mol. The zero-order valence-corrected chi connectivity index (χ0v) is 19.9. The summed E-state index contributed by atoms with van der Waals surface area (Å²) in [4.78, 5) is 11.1. The zero-order chi connectivity index (χ0) is 20.7. The average Bonchev–Trinajstić information content (AvgIpc) is 3.00. The Bertz CT molecular complexity index is 675. The van der Waals surface area contributed by atoms with E-state index in [-0.39, 0.29) is 42.9 Å².